The predicted octanol–water partition coefficient (Wildman–Crippen LogP) is 5.01. The van der Waals surface area contributed by atoms with Crippen LogP contribution in [-0.2, 0) is 4.79 Å². The lowest BCUT2D eigenvalue weighted by molar-refractivity contribution is -0.117. The molecule has 0 atom stereocenters. The Kier molecular flexibility index (Phi) is 12.1. The first-order chi connectivity index (χ1) is 8.27. The van der Waals surface area contributed by atoms with Gasteiger partial charge in [-0.15, -0.1) is 0 Å². The Morgan fingerprint density at radius 2 is 1.18 bits per heavy atom. The van der Waals surface area contributed by atoms with Gasteiger partial charge in [0, 0.05) is 6.42 Å². The van der Waals surface area contributed by atoms with Gasteiger partial charge in [-0.2, -0.15) is 0 Å². The van der Waals surface area contributed by atoms with Crippen LogP contribution in [0.5, 0.6) is 0 Å². The molecular weight excluding hydrogens is 208 g/mol. The molecule has 0 aliphatic heterocycles. The number of unbranched alkanes of at least 4 members (excludes halogenated alkanes) is 5. The molecule has 1 nitrogen and oxygen atoms in total. The zero-order valence-corrected chi connectivity index (χ0v) is 11.3. The predicted molar refractivity (Wildman–Crippen MR) is 75.1 cm³/mol. The van der Waals surface area contributed by atoms with Gasteiger partial charge in [0.1, 0.15) is 5.78 Å². The van der Waals surface area contributed by atoms with Crippen molar-refractivity contribution in [3.63, 3.8) is 0 Å². The third-order valence-electron chi connectivity index (χ3n) is 2.55. The van der Waals surface area contributed by atoms with Gasteiger partial charge in [-0.05, 0) is 13.3 Å². The van der Waals surface area contributed by atoms with Crippen LogP contribution in [-0.4, -0.2) is 5.78 Å². The quantitative estimate of drug-likeness (QED) is 0.606. The van der Waals surface area contributed by atoms with E-state index in [1.165, 1.54) is 32.1 Å². The Balaban J connectivity index is 0.000000354. The molecule has 1 heteroatoms. The van der Waals surface area contributed by atoms with Crippen molar-refractivity contribution in [1.82, 2.24) is 0 Å². The zero-order valence-electron chi connectivity index (χ0n) is 11.3. The van der Waals surface area contributed by atoms with E-state index in [9.17, 15) is 4.79 Å². The highest BCUT2D eigenvalue weighted by Gasteiger charge is 1.92. The molecule has 0 fully saturated rings. The van der Waals surface area contributed by atoms with E-state index >= 15 is 0 Å². The SMILES string of the molecule is CCCCCCCCC(C)=O.c1ccccc1. The third-order valence-corrected chi connectivity index (χ3v) is 2.55. The molecule has 1 aromatic carbocycles. The van der Waals surface area contributed by atoms with Gasteiger partial charge in [0.15, 0.2) is 0 Å². The number of rotatable bonds is 7. The average molecular weight is 234 g/mol. The fraction of sp³-hybridized carbons (Fsp3) is 0.562. The summed E-state index contributed by atoms with van der Waals surface area (Å²) in [5.74, 6) is 0.334. The fourth-order valence-electron chi connectivity index (χ4n) is 1.54. The molecule has 0 radical (unpaired) electrons. The van der Waals surface area contributed by atoms with E-state index in [0.717, 1.165) is 12.8 Å². The number of Topliss-reactive ketones (excluding diaryl/α,β-unsaturated/α-hetero) is 1. The van der Waals surface area contributed by atoms with E-state index in [0.29, 0.717) is 5.78 Å². The van der Waals surface area contributed by atoms with E-state index in [4.69, 9.17) is 0 Å². The van der Waals surface area contributed by atoms with Crippen LogP contribution in [0.1, 0.15) is 58.8 Å². The minimum Gasteiger partial charge on any atom is -0.300 e. The minimum atomic E-state index is 0.334. The van der Waals surface area contributed by atoms with Gasteiger partial charge in [-0.1, -0.05) is 75.4 Å². The average Bonchev–Trinajstić information content (AvgIpc) is 2.36. The second-order valence-corrected chi connectivity index (χ2v) is 4.37. The van der Waals surface area contributed by atoms with E-state index < -0.39 is 0 Å². The molecule has 0 saturated carbocycles. The molecular formula is C16H26O. The minimum absolute atomic E-state index is 0.334. The van der Waals surface area contributed by atoms with Crippen molar-refractivity contribution in [3.05, 3.63) is 36.4 Å². The molecule has 0 aromatic heterocycles. The Labute approximate surface area is 106 Å². The summed E-state index contributed by atoms with van der Waals surface area (Å²) in [5, 5.41) is 0. The number of hydrogen-bond acceptors (Lipinski definition) is 1. The lowest BCUT2D eigenvalue weighted by Crippen LogP contribution is -1.88. The summed E-state index contributed by atoms with van der Waals surface area (Å²) >= 11 is 0. The maximum atomic E-state index is 10.5. The van der Waals surface area contributed by atoms with Crippen molar-refractivity contribution in [2.45, 2.75) is 58.8 Å². The van der Waals surface area contributed by atoms with Crippen LogP contribution in [0.3, 0.4) is 0 Å². The molecule has 0 aliphatic carbocycles. The van der Waals surface area contributed by atoms with E-state index in [1.807, 2.05) is 36.4 Å². The van der Waals surface area contributed by atoms with E-state index in [-0.39, 0.29) is 0 Å². The Morgan fingerprint density at radius 3 is 1.59 bits per heavy atom. The maximum Gasteiger partial charge on any atom is 0.129 e. The van der Waals surface area contributed by atoms with Gasteiger partial charge in [0.05, 0.1) is 0 Å². The zero-order chi connectivity index (χ0) is 12.8. The standard InChI is InChI=1S/C10H20O.C6H6/c1-3-4-5-6-7-8-9-10(2)11;1-2-4-6-5-3-1/h3-9H2,1-2H3;1-6H. The molecule has 96 valence electrons. The Morgan fingerprint density at radius 1 is 0.765 bits per heavy atom. The molecule has 0 N–H and O–H groups in total. The number of ketones is 1. The third kappa shape index (κ3) is 14.9. The van der Waals surface area contributed by atoms with Crippen molar-refractivity contribution in [3.8, 4) is 0 Å². The number of hydrogen-bond donors (Lipinski definition) is 0. The van der Waals surface area contributed by atoms with Crippen LogP contribution in [0.4, 0.5) is 0 Å². The summed E-state index contributed by atoms with van der Waals surface area (Å²) in [4.78, 5) is 10.5. The lowest BCUT2D eigenvalue weighted by Gasteiger charge is -1.97. The first kappa shape index (κ1) is 15.9. The highest BCUT2D eigenvalue weighted by atomic mass is 16.1. The number of benzene rings is 1. The van der Waals surface area contributed by atoms with Gasteiger partial charge in [0.25, 0.3) is 0 Å². The molecule has 0 unspecified atom stereocenters. The molecule has 17 heavy (non-hydrogen) atoms. The second-order valence-electron chi connectivity index (χ2n) is 4.37. The molecule has 0 heterocycles. The second kappa shape index (κ2) is 13.0. The molecule has 0 bridgehead atoms. The summed E-state index contributed by atoms with van der Waals surface area (Å²) in [6.07, 6.45) is 8.41. The molecule has 0 aliphatic rings. The van der Waals surface area contributed by atoms with Crippen LogP contribution < -0.4 is 0 Å². The van der Waals surface area contributed by atoms with Gasteiger partial charge >= 0.3 is 0 Å². The number of carbonyl (C=O) groups excluding carboxylic acids is 1. The largest absolute Gasteiger partial charge is 0.300 e. The van der Waals surface area contributed by atoms with Gasteiger partial charge in [-0.25, -0.2) is 0 Å². The van der Waals surface area contributed by atoms with Crippen LogP contribution in [0.25, 0.3) is 0 Å². The summed E-state index contributed by atoms with van der Waals surface area (Å²) in [5.41, 5.74) is 0. The monoisotopic (exact) mass is 234 g/mol. The summed E-state index contributed by atoms with van der Waals surface area (Å²) < 4.78 is 0. The van der Waals surface area contributed by atoms with Gasteiger partial charge in [-0.3, -0.25) is 0 Å². The van der Waals surface area contributed by atoms with Gasteiger partial charge < -0.3 is 4.79 Å². The van der Waals surface area contributed by atoms with Crippen molar-refractivity contribution in [2.75, 3.05) is 0 Å². The molecule has 0 spiro atoms. The molecule has 0 saturated heterocycles. The Hall–Kier alpha value is -1.11. The topological polar surface area (TPSA) is 17.1 Å². The number of carbonyl (C=O) groups is 1. The summed E-state index contributed by atoms with van der Waals surface area (Å²) in [6, 6.07) is 12.0. The highest BCUT2D eigenvalue weighted by molar-refractivity contribution is 5.75. The highest BCUT2D eigenvalue weighted by Crippen LogP contribution is 2.06. The van der Waals surface area contributed by atoms with Crippen LogP contribution in [0.15, 0.2) is 36.4 Å². The molecule has 0 amide bonds. The maximum absolute atomic E-state index is 10.5. The normalized spacial score (nSPS) is 9.29. The first-order valence-corrected chi connectivity index (χ1v) is 6.76. The summed E-state index contributed by atoms with van der Waals surface area (Å²) in [6.45, 7) is 3.89. The fourth-order valence-corrected chi connectivity index (χ4v) is 1.54. The van der Waals surface area contributed by atoms with Crippen LogP contribution in [0, 0.1) is 0 Å². The van der Waals surface area contributed by atoms with Gasteiger partial charge in [0.2, 0.25) is 0 Å². The first-order valence-electron chi connectivity index (χ1n) is 6.76. The molecule has 1 aromatic rings. The van der Waals surface area contributed by atoms with E-state index in [1.54, 1.807) is 6.92 Å². The lowest BCUT2D eigenvalue weighted by atomic mass is 10.1. The molecule has 1 rings (SSSR count). The summed E-state index contributed by atoms with van der Waals surface area (Å²) in [7, 11) is 0. The van der Waals surface area contributed by atoms with Crippen molar-refractivity contribution in [1.29, 1.82) is 0 Å². The van der Waals surface area contributed by atoms with Crippen molar-refractivity contribution < 1.29 is 4.79 Å². The van der Waals surface area contributed by atoms with Crippen LogP contribution in [0.2, 0.25) is 0 Å². The smallest absolute Gasteiger partial charge is 0.129 e. The van der Waals surface area contributed by atoms with Crippen LogP contribution >= 0.6 is 0 Å². The Bertz CT molecular complexity index is 227. The van der Waals surface area contributed by atoms with E-state index in [2.05, 4.69) is 6.92 Å². The van der Waals surface area contributed by atoms with Crippen molar-refractivity contribution in [2.24, 2.45) is 0 Å². The van der Waals surface area contributed by atoms with Crippen molar-refractivity contribution >= 4 is 5.78 Å².